The van der Waals surface area contributed by atoms with Gasteiger partial charge in [0.2, 0.25) is 0 Å². The number of carbonyl (C=O) groups is 2. The van der Waals surface area contributed by atoms with E-state index in [1.165, 1.54) is 7.11 Å². The first-order chi connectivity index (χ1) is 12.3. The molecule has 0 atom stereocenters. The summed E-state index contributed by atoms with van der Waals surface area (Å²) in [7, 11) is 1.50. The molecule has 2 aromatic carbocycles. The van der Waals surface area contributed by atoms with Crippen molar-refractivity contribution in [3.8, 4) is 11.5 Å². The van der Waals surface area contributed by atoms with Crippen LogP contribution in [-0.4, -0.2) is 25.1 Å². The molecule has 1 N–H and O–H groups in total. The third-order valence-electron chi connectivity index (χ3n) is 3.38. The molecule has 0 saturated carbocycles. The predicted molar refractivity (Wildman–Crippen MR) is 99.0 cm³/mol. The lowest BCUT2D eigenvalue weighted by atomic mass is 10.2. The van der Waals surface area contributed by atoms with Gasteiger partial charge in [-0.2, -0.15) is 0 Å². The van der Waals surface area contributed by atoms with Crippen molar-refractivity contribution in [3.05, 3.63) is 53.6 Å². The molecule has 0 saturated heterocycles. The van der Waals surface area contributed by atoms with Crippen LogP contribution in [0.1, 0.15) is 36.7 Å². The molecule has 0 aromatic heterocycles. The highest BCUT2D eigenvalue weighted by atomic mass is 16.6. The maximum Gasteiger partial charge on any atom is 0.412 e. The number of amides is 1. The fraction of sp³-hybridized carbons (Fsp3) is 0.300. The molecule has 0 unspecified atom stereocenters. The van der Waals surface area contributed by atoms with Crippen molar-refractivity contribution in [2.75, 3.05) is 12.4 Å². The van der Waals surface area contributed by atoms with Gasteiger partial charge in [-0.25, -0.2) is 4.79 Å². The van der Waals surface area contributed by atoms with Crippen molar-refractivity contribution >= 4 is 18.1 Å². The SMILES string of the molecule is COc1ccc(OCc2ccccc2NC(=O)OC(C)(C)C)cc1C=O. The Morgan fingerprint density at radius 2 is 1.88 bits per heavy atom. The zero-order chi connectivity index (χ0) is 19.2. The van der Waals surface area contributed by atoms with E-state index in [0.717, 1.165) is 5.56 Å². The molecule has 1 amide bonds. The van der Waals surface area contributed by atoms with Gasteiger partial charge in [-0.3, -0.25) is 10.1 Å². The molecule has 0 fully saturated rings. The summed E-state index contributed by atoms with van der Waals surface area (Å²) in [5.41, 5.74) is 1.21. The first kappa shape index (κ1) is 19.3. The third-order valence-corrected chi connectivity index (χ3v) is 3.38. The van der Waals surface area contributed by atoms with Gasteiger partial charge in [0.15, 0.2) is 6.29 Å². The molecule has 0 radical (unpaired) electrons. The van der Waals surface area contributed by atoms with Gasteiger partial charge in [-0.1, -0.05) is 18.2 Å². The number of aldehydes is 1. The van der Waals surface area contributed by atoms with Gasteiger partial charge in [0.25, 0.3) is 0 Å². The van der Waals surface area contributed by atoms with Crippen molar-refractivity contribution in [1.29, 1.82) is 0 Å². The Morgan fingerprint density at radius 3 is 2.54 bits per heavy atom. The van der Waals surface area contributed by atoms with Gasteiger partial charge in [0.1, 0.15) is 23.7 Å². The zero-order valence-corrected chi connectivity index (χ0v) is 15.4. The molecule has 138 valence electrons. The van der Waals surface area contributed by atoms with E-state index < -0.39 is 11.7 Å². The smallest absolute Gasteiger partial charge is 0.412 e. The van der Waals surface area contributed by atoms with E-state index in [2.05, 4.69) is 5.32 Å². The maximum atomic E-state index is 12.0. The van der Waals surface area contributed by atoms with Crippen LogP contribution in [0.15, 0.2) is 42.5 Å². The Morgan fingerprint density at radius 1 is 1.15 bits per heavy atom. The number of ether oxygens (including phenoxy) is 3. The number of methoxy groups -OCH3 is 1. The standard InChI is InChI=1S/C20H23NO5/c1-20(2,3)26-19(23)21-17-8-6-5-7-14(17)13-25-16-9-10-18(24-4)15(11-16)12-22/h5-12H,13H2,1-4H3,(H,21,23). The lowest BCUT2D eigenvalue weighted by Crippen LogP contribution is -2.27. The number of anilines is 1. The summed E-state index contributed by atoms with van der Waals surface area (Å²) in [5.74, 6) is 1.01. The van der Waals surface area contributed by atoms with Gasteiger partial charge < -0.3 is 14.2 Å². The lowest BCUT2D eigenvalue weighted by molar-refractivity contribution is 0.0635. The molecule has 6 nitrogen and oxygen atoms in total. The van der Waals surface area contributed by atoms with Crippen LogP contribution in [0.3, 0.4) is 0 Å². The van der Waals surface area contributed by atoms with Crippen LogP contribution >= 0.6 is 0 Å². The summed E-state index contributed by atoms with van der Waals surface area (Å²) in [6, 6.07) is 12.3. The summed E-state index contributed by atoms with van der Waals surface area (Å²) < 4.78 is 16.1. The van der Waals surface area contributed by atoms with Crippen LogP contribution in [0.2, 0.25) is 0 Å². The minimum atomic E-state index is -0.580. The molecule has 0 heterocycles. The van der Waals surface area contributed by atoms with Gasteiger partial charge in [-0.15, -0.1) is 0 Å². The van der Waals surface area contributed by atoms with Crippen LogP contribution in [0.5, 0.6) is 11.5 Å². The number of benzene rings is 2. The molecule has 0 aliphatic rings. The summed E-state index contributed by atoms with van der Waals surface area (Å²) in [4.78, 5) is 23.1. The van der Waals surface area contributed by atoms with E-state index in [4.69, 9.17) is 14.2 Å². The second kappa shape index (κ2) is 8.38. The first-order valence-corrected chi connectivity index (χ1v) is 8.16. The van der Waals surface area contributed by atoms with E-state index in [-0.39, 0.29) is 6.61 Å². The number of hydrogen-bond donors (Lipinski definition) is 1. The topological polar surface area (TPSA) is 73.9 Å². The van der Waals surface area contributed by atoms with Gasteiger partial charge in [0, 0.05) is 5.56 Å². The molecule has 0 aliphatic carbocycles. The maximum absolute atomic E-state index is 12.0. The fourth-order valence-electron chi connectivity index (χ4n) is 2.24. The van der Waals surface area contributed by atoms with Crippen LogP contribution < -0.4 is 14.8 Å². The van der Waals surface area contributed by atoms with E-state index in [0.29, 0.717) is 29.0 Å². The number of hydrogen-bond acceptors (Lipinski definition) is 5. The third kappa shape index (κ3) is 5.51. The molecule has 2 aromatic rings. The number of rotatable bonds is 6. The number of nitrogens with one attached hydrogen (secondary N) is 1. The summed E-state index contributed by atoms with van der Waals surface area (Å²) >= 11 is 0. The van der Waals surface area contributed by atoms with E-state index in [9.17, 15) is 9.59 Å². The Labute approximate surface area is 153 Å². The van der Waals surface area contributed by atoms with Crippen LogP contribution in [0.4, 0.5) is 10.5 Å². The van der Waals surface area contributed by atoms with Crippen molar-refractivity contribution in [1.82, 2.24) is 0 Å². The monoisotopic (exact) mass is 357 g/mol. The Bertz CT molecular complexity index is 780. The van der Waals surface area contributed by atoms with Crippen molar-refractivity contribution < 1.29 is 23.8 Å². The van der Waals surface area contributed by atoms with Crippen LogP contribution in [-0.2, 0) is 11.3 Å². The highest BCUT2D eigenvalue weighted by Crippen LogP contribution is 2.24. The Hall–Kier alpha value is -3.02. The summed E-state index contributed by atoms with van der Waals surface area (Å²) in [5, 5.41) is 2.73. The largest absolute Gasteiger partial charge is 0.496 e. The number of para-hydroxylation sites is 1. The fourth-order valence-corrected chi connectivity index (χ4v) is 2.24. The average Bonchev–Trinajstić information content (AvgIpc) is 2.59. The Balaban J connectivity index is 2.09. The van der Waals surface area contributed by atoms with Crippen molar-refractivity contribution in [2.24, 2.45) is 0 Å². The highest BCUT2D eigenvalue weighted by Gasteiger charge is 2.17. The van der Waals surface area contributed by atoms with E-state index >= 15 is 0 Å². The molecule has 6 heteroatoms. The van der Waals surface area contributed by atoms with E-state index in [1.807, 2.05) is 18.2 Å². The van der Waals surface area contributed by atoms with Crippen LogP contribution in [0, 0.1) is 0 Å². The van der Waals surface area contributed by atoms with Gasteiger partial charge in [0.05, 0.1) is 18.4 Å². The molecule has 0 aliphatic heterocycles. The second-order valence-corrected chi connectivity index (χ2v) is 6.59. The quantitative estimate of drug-likeness (QED) is 0.774. The summed E-state index contributed by atoms with van der Waals surface area (Å²) in [6.07, 6.45) is 0.182. The molecule has 0 spiro atoms. The Kier molecular flexibility index (Phi) is 6.22. The second-order valence-electron chi connectivity index (χ2n) is 6.59. The molecular weight excluding hydrogens is 334 g/mol. The molecule has 2 rings (SSSR count). The van der Waals surface area contributed by atoms with E-state index in [1.54, 1.807) is 45.0 Å². The minimum Gasteiger partial charge on any atom is -0.496 e. The molecule has 0 bridgehead atoms. The normalized spacial score (nSPS) is 10.8. The summed E-state index contributed by atoms with van der Waals surface area (Å²) in [6.45, 7) is 5.62. The number of carbonyl (C=O) groups excluding carboxylic acids is 2. The van der Waals surface area contributed by atoms with Crippen LogP contribution in [0.25, 0.3) is 0 Å². The highest BCUT2D eigenvalue weighted by molar-refractivity contribution is 5.86. The molecular formula is C20H23NO5. The molecule has 26 heavy (non-hydrogen) atoms. The van der Waals surface area contributed by atoms with Crippen molar-refractivity contribution in [3.63, 3.8) is 0 Å². The first-order valence-electron chi connectivity index (χ1n) is 8.16. The minimum absolute atomic E-state index is 0.219. The van der Waals surface area contributed by atoms with Crippen molar-refractivity contribution in [2.45, 2.75) is 33.0 Å². The zero-order valence-electron chi connectivity index (χ0n) is 15.4. The predicted octanol–water partition coefficient (Wildman–Crippen LogP) is 4.43. The van der Waals surface area contributed by atoms with Gasteiger partial charge >= 0.3 is 6.09 Å². The average molecular weight is 357 g/mol. The lowest BCUT2D eigenvalue weighted by Gasteiger charge is -2.20. The van der Waals surface area contributed by atoms with Gasteiger partial charge in [-0.05, 0) is 45.0 Å².